The highest BCUT2D eigenvalue weighted by Gasteiger charge is 2.64. The Hall–Kier alpha value is -3.79. The fourth-order valence-corrected chi connectivity index (χ4v) is 4.90. The number of ether oxygens (including phenoxy) is 3. The maximum atomic E-state index is 15.0. The first kappa shape index (κ1) is 28.2. The van der Waals surface area contributed by atoms with Gasteiger partial charge in [0, 0.05) is 24.4 Å². The summed E-state index contributed by atoms with van der Waals surface area (Å²) in [7, 11) is 1.54. The van der Waals surface area contributed by atoms with E-state index < -0.39 is 17.1 Å². The number of fused-ring (bicyclic) bond motifs is 1. The van der Waals surface area contributed by atoms with Gasteiger partial charge in [0.05, 0.1) is 24.6 Å². The van der Waals surface area contributed by atoms with Crippen LogP contribution in [0.4, 0.5) is 10.1 Å². The second kappa shape index (κ2) is 11.9. The summed E-state index contributed by atoms with van der Waals surface area (Å²) in [6, 6.07) is 7.51. The van der Waals surface area contributed by atoms with Crippen molar-refractivity contribution in [3.05, 3.63) is 42.5 Å². The molecule has 2 aromatic carbocycles. The van der Waals surface area contributed by atoms with Crippen LogP contribution in [0.2, 0.25) is 0 Å². The molecule has 1 aliphatic carbocycles. The molecule has 1 N–H and O–H groups in total. The van der Waals surface area contributed by atoms with Crippen LogP contribution in [0.15, 0.2) is 36.7 Å². The first-order valence-corrected chi connectivity index (χ1v) is 13.2. The number of hydrogen-bond acceptors (Lipinski definition) is 8. The lowest BCUT2D eigenvalue weighted by molar-refractivity contribution is -0.127. The molecular weight excluding hydrogens is 503 g/mol. The lowest BCUT2D eigenvalue weighted by Crippen LogP contribution is -2.28. The Labute approximate surface area is 227 Å². The maximum absolute atomic E-state index is 15.0. The van der Waals surface area contributed by atoms with E-state index in [0.717, 1.165) is 32.1 Å². The lowest BCUT2D eigenvalue weighted by Gasteiger charge is -2.18. The summed E-state index contributed by atoms with van der Waals surface area (Å²) < 4.78 is 32.3. The molecule has 0 bridgehead atoms. The number of carbonyl (C=O) groups excluding carboxylic acids is 2. The smallest absolute Gasteiger partial charge is 0.238 e. The highest BCUT2D eigenvalue weighted by atomic mass is 19.1. The van der Waals surface area contributed by atoms with Gasteiger partial charge in [0.2, 0.25) is 11.8 Å². The minimum Gasteiger partial charge on any atom is -0.493 e. The number of benzene rings is 2. The molecule has 1 saturated carbocycles. The molecule has 2 unspecified atom stereocenters. The predicted octanol–water partition coefficient (Wildman–Crippen LogP) is 5.09. The van der Waals surface area contributed by atoms with E-state index in [1.807, 2.05) is 13.8 Å². The zero-order chi connectivity index (χ0) is 28.2. The van der Waals surface area contributed by atoms with Gasteiger partial charge < -0.3 is 29.2 Å². The average molecular weight is 539 g/mol. The Morgan fingerprint density at radius 3 is 2.46 bits per heavy atom. The number of nitrogens with zero attached hydrogens (tertiary/aromatic N) is 3. The molecule has 1 amide bonds. The van der Waals surface area contributed by atoms with Crippen LogP contribution < -0.4 is 19.5 Å². The Bertz CT molecular complexity index is 1340. The van der Waals surface area contributed by atoms with Crippen molar-refractivity contribution < 1.29 is 28.2 Å². The number of anilines is 1. The lowest BCUT2D eigenvalue weighted by atomic mass is 10.0. The highest BCUT2D eigenvalue weighted by molar-refractivity contribution is 6.08. The second-order valence-corrected chi connectivity index (χ2v) is 9.76. The molecule has 0 radical (unpaired) electrons. The van der Waals surface area contributed by atoms with Crippen LogP contribution in [0.25, 0.3) is 10.9 Å². The van der Waals surface area contributed by atoms with Gasteiger partial charge >= 0.3 is 0 Å². The van der Waals surface area contributed by atoms with E-state index in [-0.39, 0.29) is 29.2 Å². The zero-order valence-corrected chi connectivity index (χ0v) is 23.0. The SMILES string of the molecule is CCN(CC)CCCOc1cc2ncnc(Oc3ccc(NC(=O)C4(C=O)C(C)[C@H]4C)cc3F)c2cc1OC. The molecule has 1 heterocycles. The van der Waals surface area contributed by atoms with Crippen LogP contribution in [0.5, 0.6) is 23.1 Å². The van der Waals surface area contributed by atoms with Crippen LogP contribution in [0, 0.1) is 23.1 Å². The van der Waals surface area contributed by atoms with E-state index in [1.54, 1.807) is 19.2 Å². The molecule has 0 aliphatic heterocycles. The van der Waals surface area contributed by atoms with E-state index in [0.29, 0.717) is 35.3 Å². The molecule has 1 aliphatic rings. The summed E-state index contributed by atoms with van der Waals surface area (Å²) >= 11 is 0. The molecule has 1 fully saturated rings. The van der Waals surface area contributed by atoms with Crippen LogP contribution in [-0.4, -0.2) is 60.4 Å². The third kappa shape index (κ3) is 5.66. The Morgan fingerprint density at radius 2 is 1.85 bits per heavy atom. The van der Waals surface area contributed by atoms with Gasteiger partial charge in [-0.15, -0.1) is 0 Å². The first-order valence-electron chi connectivity index (χ1n) is 13.2. The van der Waals surface area contributed by atoms with E-state index in [2.05, 4.69) is 34.0 Å². The second-order valence-electron chi connectivity index (χ2n) is 9.76. The van der Waals surface area contributed by atoms with Crippen molar-refractivity contribution in [1.29, 1.82) is 0 Å². The number of hydrogen-bond donors (Lipinski definition) is 1. The van der Waals surface area contributed by atoms with Gasteiger partial charge in [-0.3, -0.25) is 4.79 Å². The van der Waals surface area contributed by atoms with E-state index in [9.17, 15) is 14.0 Å². The summed E-state index contributed by atoms with van der Waals surface area (Å²) in [6.07, 6.45) is 2.88. The largest absolute Gasteiger partial charge is 0.493 e. The summed E-state index contributed by atoms with van der Waals surface area (Å²) in [5, 5.41) is 3.17. The van der Waals surface area contributed by atoms with Gasteiger partial charge in [-0.1, -0.05) is 27.7 Å². The number of nitrogens with one attached hydrogen (secondary N) is 1. The third-order valence-electron chi connectivity index (χ3n) is 7.79. The maximum Gasteiger partial charge on any atom is 0.238 e. The molecular formula is C29H35FN4O5. The standard InChI is InChI=1S/C29H35FN4O5/c1-6-34(7-2)11-8-12-38-26-15-23-21(14-25(26)37-5)27(32-17-31-23)39-24-10-9-20(13-22(24)30)33-28(36)29(16-35)18(3)19(29)4/h9-10,13-19H,6-8,11-12H2,1-5H3,(H,33,36)/t18-,19?,29?/m1/s1. The van der Waals surface area contributed by atoms with Crippen LogP contribution in [0.1, 0.15) is 34.1 Å². The number of methoxy groups -OCH3 is 1. The fraction of sp³-hybridized carbons (Fsp3) is 0.448. The zero-order valence-electron chi connectivity index (χ0n) is 23.0. The van der Waals surface area contributed by atoms with Crippen molar-refractivity contribution in [3.63, 3.8) is 0 Å². The topological polar surface area (TPSA) is 103 Å². The van der Waals surface area contributed by atoms with E-state index in [4.69, 9.17) is 14.2 Å². The minimum absolute atomic E-state index is 0.0658. The van der Waals surface area contributed by atoms with Crippen LogP contribution >= 0.6 is 0 Å². The predicted molar refractivity (Wildman–Crippen MR) is 146 cm³/mol. The normalized spacial score (nSPS) is 20.1. The molecule has 208 valence electrons. The molecule has 9 nitrogen and oxygen atoms in total. The van der Waals surface area contributed by atoms with Gasteiger partial charge in [-0.25, -0.2) is 14.4 Å². The monoisotopic (exact) mass is 538 g/mol. The molecule has 39 heavy (non-hydrogen) atoms. The molecule has 3 atom stereocenters. The first-order chi connectivity index (χ1) is 18.8. The van der Waals surface area contributed by atoms with E-state index in [1.165, 1.54) is 18.5 Å². The van der Waals surface area contributed by atoms with Gasteiger partial charge in [0.1, 0.15) is 18.0 Å². The third-order valence-corrected chi connectivity index (χ3v) is 7.79. The number of carbonyl (C=O) groups is 2. The Kier molecular flexibility index (Phi) is 8.64. The summed E-state index contributed by atoms with van der Waals surface area (Å²) in [5.74, 6) is -0.177. The highest BCUT2D eigenvalue weighted by Crippen LogP contribution is 2.57. The van der Waals surface area contributed by atoms with Gasteiger partial charge in [-0.05, 0) is 49.5 Å². The molecule has 4 rings (SSSR count). The van der Waals surface area contributed by atoms with Gasteiger partial charge in [-0.2, -0.15) is 0 Å². The fourth-order valence-electron chi connectivity index (χ4n) is 4.90. The molecule has 3 aromatic rings. The van der Waals surface area contributed by atoms with Crippen molar-refractivity contribution >= 4 is 28.8 Å². The molecule has 0 spiro atoms. The quantitative estimate of drug-likeness (QED) is 0.182. The summed E-state index contributed by atoms with van der Waals surface area (Å²) in [4.78, 5) is 35.1. The van der Waals surface area contributed by atoms with Crippen molar-refractivity contribution in [3.8, 4) is 23.1 Å². The van der Waals surface area contributed by atoms with Crippen LogP contribution in [-0.2, 0) is 9.59 Å². The van der Waals surface area contributed by atoms with Crippen LogP contribution in [0.3, 0.4) is 0 Å². The summed E-state index contributed by atoms with van der Waals surface area (Å²) in [5.41, 5.74) is -0.288. The van der Waals surface area contributed by atoms with Crippen molar-refractivity contribution in [1.82, 2.24) is 14.9 Å². The molecule has 0 saturated heterocycles. The van der Waals surface area contributed by atoms with Gasteiger partial charge in [0.15, 0.2) is 23.1 Å². The Morgan fingerprint density at radius 1 is 1.10 bits per heavy atom. The Balaban J connectivity index is 1.49. The number of amides is 1. The number of halogens is 1. The minimum atomic E-state index is -1.07. The summed E-state index contributed by atoms with van der Waals surface area (Å²) in [6.45, 7) is 11.4. The number of aldehydes is 1. The average Bonchev–Trinajstić information content (AvgIpc) is 3.49. The van der Waals surface area contributed by atoms with Crippen molar-refractivity contribution in [2.24, 2.45) is 17.3 Å². The van der Waals surface area contributed by atoms with Crippen molar-refractivity contribution in [2.75, 3.05) is 38.7 Å². The van der Waals surface area contributed by atoms with Crippen molar-refractivity contribution in [2.45, 2.75) is 34.1 Å². The molecule has 10 heteroatoms. The number of rotatable bonds is 13. The van der Waals surface area contributed by atoms with Gasteiger partial charge in [0.25, 0.3) is 0 Å². The molecule has 1 aromatic heterocycles. The number of aromatic nitrogens is 2. The van der Waals surface area contributed by atoms with E-state index >= 15 is 0 Å².